The molecule has 210 valence electrons. The first-order valence-electron chi connectivity index (χ1n) is 15.6. The Balaban J connectivity index is 1.38. The summed E-state index contributed by atoms with van der Waals surface area (Å²) in [6.07, 6.45) is 22.1. The molecule has 0 fully saturated rings. The Morgan fingerprint density at radius 1 is 0.800 bits per heavy atom. The van der Waals surface area contributed by atoms with E-state index in [4.69, 9.17) is 0 Å². The van der Waals surface area contributed by atoms with E-state index >= 15 is 0 Å². The minimum Gasteiger partial charge on any atom is -0.344 e. The molecule has 0 aromatic heterocycles. The van der Waals surface area contributed by atoms with E-state index in [2.05, 4.69) is 130 Å². The summed E-state index contributed by atoms with van der Waals surface area (Å²) in [5, 5.41) is 0. The fourth-order valence-electron chi connectivity index (χ4n) is 7.07. The molecule has 2 aromatic rings. The van der Waals surface area contributed by atoms with E-state index in [1.54, 1.807) is 0 Å². The second-order valence-electron chi connectivity index (χ2n) is 13.0. The van der Waals surface area contributed by atoms with Crippen LogP contribution < -0.4 is 4.90 Å². The molecule has 40 heavy (non-hydrogen) atoms. The molecule has 0 radical (unpaired) electrons. The van der Waals surface area contributed by atoms with Crippen LogP contribution in [-0.4, -0.2) is 23.9 Å². The van der Waals surface area contributed by atoms with Crippen molar-refractivity contribution < 1.29 is 4.58 Å². The average Bonchev–Trinajstić information content (AvgIpc) is 3.29. The van der Waals surface area contributed by atoms with Gasteiger partial charge in [0.05, 0.1) is 5.41 Å². The first-order chi connectivity index (χ1) is 19.2. The quantitative estimate of drug-likeness (QED) is 0.230. The van der Waals surface area contributed by atoms with Crippen LogP contribution in [0.3, 0.4) is 0 Å². The Morgan fingerprint density at radius 2 is 1.52 bits per heavy atom. The van der Waals surface area contributed by atoms with Gasteiger partial charge in [-0.1, -0.05) is 101 Å². The molecule has 2 nitrogen and oxygen atoms in total. The summed E-state index contributed by atoms with van der Waals surface area (Å²) in [5.41, 5.74) is 11.3. The zero-order valence-electron chi connectivity index (χ0n) is 25.8. The summed E-state index contributed by atoms with van der Waals surface area (Å²) in [6, 6.07) is 17.9. The van der Waals surface area contributed by atoms with Crippen molar-refractivity contribution in [3.05, 3.63) is 107 Å². The second-order valence-corrected chi connectivity index (χ2v) is 13.0. The summed E-state index contributed by atoms with van der Waals surface area (Å²) < 4.78 is 2.37. The smallest absolute Gasteiger partial charge is 0.209 e. The van der Waals surface area contributed by atoms with E-state index in [1.165, 1.54) is 83.6 Å². The monoisotopic (exact) mass is 533 g/mol. The molecule has 3 aliphatic rings. The summed E-state index contributed by atoms with van der Waals surface area (Å²) >= 11 is 0. The van der Waals surface area contributed by atoms with Gasteiger partial charge in [-0.2, -0.15) is 4.58 Å². The van der Waals surface area contributed by atoms with E-state index in [-0.39, 0.29) is 10.8 Å². The van der Waals surface area contributed by atoms with Crippen molar-refractivity contribution >= 4 is 17.1 Å². The van der Waals surface area contributed by atoms with Crippen LogP contribution in [0.2, 0.25) is 0 Å². The van der Waals surface area contributed by atoms with Crippen LogP contribution >= 0.6 is 0 Å². The molecule has 0 saturated carbocycles. The molecule has 0 unspecified atom stereocenters. The van der Waals surface area contributed by atoms with Crippen molar-refractivity contribution in [2.24, 2.45) is 0 Å². The lowest BCUT2D eigenvalue weighted by molar-refractivity contribution is -0.401. The van der Waals surface area contributed by atoms with Crippen LogP contribution in [0.15, 0.2) is 95.8 Å². The van der Waals surface area contributed by atoms with Crippen LogP contribution in [0.5, 0.6) is 0 Å². The van der Waals surface area contributed by atoms with Gasteiger partial charge in [-0.3, -0.25) is 0 Å². The molecule has 2 heterocycles. The van der Waals surface area contributed by atoms with Crippen LogP contribution in [0.25, 0.3) is 0 Å². The third kappa shape index (κ3) is 5.42. The molecule has 0 atom stereocenters. The number of benzene rings is 2. The van der Waals surface area contributed by atoms with Gasteiger partial charge in [0.25, 0.3) is 0 Å². The molecule has 0 amide bonds. The average molecular weight is 534 g/mol. The molecule has 1 aliphatic carbocycles. The molecule has 2 aliphatic heterocycles. The van der Waals surface area contributed by atoms with Crippen molar-refractivity contribution in [2.75, 3.05) is 18.5 Å². The topological polar surface area (TPSA) is 6.25 Å². The van der Waals surface area contributed by atoms with Crippen molar-refractivity contribution in [3.63, 3.8) is 0 Å². The largest absolute Gasteiger partial charge is 0.344 e. The maximum Gasteiger partial charge on any atom is 0.209 e. The van der Waals surface area contributed by atoms with Crippen molar-refractivity contribution in [1.29, 1.82) is 0 Å². The van der Waals surface area contributed by atoms with Gasteiger partial charge in [-0.15, -0.1) is 0 Å². The van der Waals surface area contributed by atoms with Crippen LogP contribution in [-0.2, 0) is 10.8 Å². The second kappa shape index (κ2) is 11.8. The highest BCUT2D eigenvalue weighted by Gasteiger charge is 2.42. The fourth-order valence-corrected chi connectivity index (χ4v) is 7.07. The maximum atomic E-state index is 2.61. The molecule has 5 rings (SSSR count). The molecular weight excluding hydrogens is 484 g/mol. The van der Waals surface area contributed by atoms with E-state index in [0.717, 1.165) is 19.4 Å². The summed E-state index contributed by atoms with van der Waals surface area (Å²) in [4.78, 5) is 2.61. The minimum atomic E-state index is 0.0163. The number of anilines is 1. The Kier molecular flexibility index (Phi) is 8.36. The summed E-state index contributed by atoms with van der Waals surface area (Å²) in [6.45, 7) is 12.9. The standard InChI is InChI=1S/C38H49N2/c1-7-8-9-10-15-27-40-34-22-14-12-20-32(34)38(4,5)36(40)26-24-30-18-16-17-29(28-30)23-25-35-37(2,3)31-19-11-13-21-33(31)39(35)6/h11-14,19-26,28H,7-10,15-18,27H2,1-6H3/q+1. The minimum absolute atomic E-state index is 0.0163. The third-order valence-electron chi connectivity index (χ3n) is 9.44. The highest BCUT2D eigenvalue weighted by atomic mass is 15.2. The number of unbranched alkanes of at least 4 members (excludes halogenated alkanes) is 4. The zero-order valence-corrected chi connectivity index (χ0v) is 25.8. The number of fused-ring (bicyclic) bond motifs is 2. The number of hydrogen-bond donors (Lipinski definition) is 0. The van der Waals surface area contributed by atoms with E-state index in [1.807, 2.05) is 0 Å². The van der Waals surface area contributed by atoms with Gasteiger partial charge in [0.1, 0.15) is 7.05 Å². The lowest BCUT2D eigenvalue weighted by Gasteiger charge is -2.27. The Morgan fingerprint density at radius 3 is 2.30 bits per heavy atom. The molecule has 0 N–H and O–H groups in total. The Hall–Kier alpha value is -3.13. The lowest BCUT2D eigenvalue weighted by atomic mass is 9.81. The normalized spacial score (nSPS) is 21.4. The fraction of sp³-hybridized carbons (Fsp3) is 0.447. The number of para-hydroxylation sites is 2. The Bertz CT molecular complexity index is 1390. The molecule has 0 bridgehead atoms. The van der Waals surface area contributed by atoms with Crippen molar-refractivity contribution in [3.8, 4) is 0 Å². The van der Waals surface area contributed by atoms with E-state index in [9.17, 15) is 0 Å². The SMILES string of the molecule is CCCCCCCN1C(=CC=C2C=C(C=CC3=[N+](C)c4ccccc4C3(C)C)CCC2)C(C)(C)c2ccccc21. The number of hydrogen-bond acceptors (Lipinski definition) is 1. The zero-order chi connectivity index (χ0) is 28.3. The van der Waals surface area contributed by atoms with Gasteiger partial charge in [0.2, 0.25) is 5.69 Å². The molecular formula is C38H49N2+. The van der Waals surface area contributed by atoms with E-state index in [0.29, 0.717) is 0 Å². The summed E-state index contributed by atoms with van der Waals surface area (Å²) in [7, 11) is 2.21. The molecule has 2 aromatic carbocycles. The number of allylic oxidation sites excluding steroid dienone is 8. The highest BCUT2D eigenvalue weighted by molar-refractivity contribution is 6.03. The van der Waals surface area contributed by atoms with Crippen LogP contribution in [0, 0.1) is 0 Å². The third-order valence-corrected chi connectivity index (χ3v) is 9.44. The molecule has 0 saturated heterocycles. The molecule has 0 spiro atoms. The van der Waals surface area contributed by atoms with Gasteiger partial charge in [0.15, 0.2) is 5.71 Å². The predicted octanol–water partition coefficient (Wildman–Crippen LogP) is 9.94. The van der Waals surface area contributed by atoms with Gasteiger partial charge in [0, 0.05) is 41.1 Å². The predicted molar refractivity (Wildman–Crippen MR) is 173 cm³/mol. The first kappa shape index (κ1) is 28.4. The maximum absolute atomic E-state index is 2.61. The van der Waals surface area contributed by atoms with Crippen LogP contribution in [0.4, 0.5) is 11.4 Å². The van der Waals surface area contributed by atoms with Gasteiger partial charge in [-0.05, 0) is 68.4 Å². The van der Waals surface area contributed by atoms with Gasteiger partial charge < -0.3 is 4.90 Å². The van der Waals surface area contributed by atoms with E-state index < -0.39 is 0 Å². The first-order valence-corrected chi connectivity index (χ1v) is 15.6. The van der Waals surface area contributed by atoms with Gasteiger partial charge in [-0.25, -0.2) is 0 Å². The van der Waals surface area contributed by atoms with Crippen molar-refractivity contribution in [1.82, 2.24) is 0 Å². The highest BCUT2D eigenvalue weighted by Crippen LogP contribution is 2.48. The van der Waals surface area contributed by atoms with Crippen molar-refractivity contribution in [2.45, 2.75) is 96.8 Å². The summed E-state index contributed by atoms with van der Waals surface area (Å²) in [5.74, 6) is 0. The lowest BCUT2D eigenvalue weighted by Crippen LogP contribution is -2.27. The van der Waals surface area contributed by atoms with Crippen LogP contribution in [0.1, 0.15) is 97.1 Å². The number of nitrogens with zero attached hydrogens (tertiary/aromatic N) is 2. The number of rotatable bonds is 9. The molecule has 2 heteroatoms. The Labute approximate surface area is 243 Å². The van der Waals surface area contributed by atoms with Gasteiger partial charge >= 0.3 is 0 Å².